The Morgan fingerprint density at radius 2 is 1.63 bits per heavy atom. The van der Waals surface area contributed by atoms with Crippen LogP contribution in [0.25, 0.3) is 0 Å². The van der Waals surface area contributed by atoms with E-state index in [2.05, 4.69) is 27.2 Å². The van der Waals surface area contributed by atoms with Gasteiger partial charge in [-0.05, 0) is 30.3 Å². The molecule has 4 rings (SSSR count). The van der Waals surface area contributed by atoms with Gasteiger partial charge < -0.3 is 24.6 Å². The molecule has 2 aliphatic rings. The lowest BCUT2D eigenvalue weighted by atomic mass is 10.1. The van der Waals surface area contributed by atoms with Crippen molar-refractivity contribution >= 4 is 45.9 Å². The van der Waals surface area contributed by atoms with Crippen LogP contribution >= 0.6 is 22.9 Å². The molecule has 1 N–H and O–H groups in total. The number of amides is 1. The summed E-state index contributed by atoms with van der Waals surface area (Å²) in [5, 5.41) is 3.05. The number of ether oxygens (including phenoxy) is 2. The summed E-state index contributed by atoms with van der Waals surface area (Å²) < 4.78 is 11.6. The molecule has 0 bridgehead atoms. The van der Waals surface area contributed by atoms with E-state index in [0.717, 1.165) is 56.5 Å². The second-order valence-corrected chi connectivity index (χ2v) is 8.17. The molecule has 0 saturated carbocycles. The summed E-state index contributed by atoms with van der Waals surface area (Å²) in [5.41, 5.74) is 2.98. The summed E-state index contributed by atoms with van der Waals surface area (Å²) >= 11 is 7.25. The summed E-state index contributed by atoms with van der Waals surface area (Å²) in [5.74, 6) is -0.138. The number of rotatable bonds is 4. The van der Waals surface area contributed by atoms with Gasteiger partial charge in [0.1, 0.15) is 0 Å². The zero-order valence-corrected chi connectivity index (χ0v) is 16.5. The molecule has 2 aliphatic heterocycles. The fourth-order valence-electron chi connectivity index (χ4n) is 3.33. The van der Waals surface area contributed by atoms with Gasteiger partial charge in [0.15, 0.2) is 0 Å². The maximum Gasteiger partial charge on any atom is 0.265 e. The molecule has 1 aromatic carbocycles. The van der Waals surface area contributed by atoms with Gasteiger partial charge >= 0.3 is 0 Å². The van der Waals surface area contributed by atoms with Crippen LogP contribution in [0.2, 0.25) is 4.34 Å². The van der Waals surface area contributed by atoms with Crippen molar-refractivity contribution in [2.75, 3.05) is 67.7 Å². The summed E-state index contributed by atoms with van der Waals surface area (Å²) in [6.45, 7) is 6.23. The molecule has 3 heterocycles. The van der Waals surface area contributed by atoms with Gasteiger partial charge in [-0.3, -0.25) is 4.79 Å². The summed E-state index contributed by atoms with van der Waals surface area (Å²) in [6, 6.07) is 9.70. The van der Waals surface area contributed by atoms with Crippen LogP contribution in [0.1, 0.15) is 9.67 Å². The Labute approximate surface area is 167 Å². The first kappa shape index (κ1) is 18.6. The Morgan fingerprint density at radius 1 is 0.963 bits per heavy atom. The van der Waals surface area contributed by atoms with E-state index in [1.807, 2.05) is 6.07 Å². The van der Waals surface area contributed by atoms with Crippen molar-refractivity contribution < 1.29 is 14.3 Å². The Morgan fingerprint density at radius 3 is 2.26 bits per heavy atom. The van der Waals surface area contributed by atoms with E-state index in [1.165, 1.54) is 11.3 Å². The minimum absolute atomic E-state index is 0.138. The van der Waals surface area contributed by atoms with Crippen LogP contribution in [0.5, 0.6) is 0 Å². The first-order valence-corrected chi connectivity index (χ1v) is 10.3. The number of nitrogens with one attached hydrogen (secondary N) is 1. The number of hydrogen-bond donors (Lipinski definition) is 1. The van der Waals surface area contributed by atoms with Crippen LogP contribution < -0.4 is 15.1 Å². The van der Waals surface area contributed by atoms with Crippen molar-refractivity contribution in [1.29, 1.82) is 0 Å². The highest BCUT2D eigenvalue weighted by molar-refractivity contribution is 7.18. The van der Waals surface area contributed by atoms with E-state index in [1.54, 1.807) is 12.1 Å². The molecule has 0 spiro atoms. The predicted octanol–water partition coefficient (Wildman–Crippen LogP) is 3.33. The van der Waals surface area contributed by atoms with Gasteiger partial charge in [0.2, 0.25) is 0 Å². The van der Waals surface area contributed by atoms with Crippen LogP contribution in [-0.4, -0.2) is 58.5 Å². The number of anilines is 3. The molecule has 0 radical (unpaired) electrons. The molecule has 0 aliphatic carbocycles. The monoisotopic (exact) mass is 407 g/mol. The molecule has 2 aromatic rings. The molecule has 1 amide bonds. The van der Waals surface area contributed by atoms with Gasteiger partial charge in [-0.2, -0.15) is 0 Å². The molecule has 1 aromatic heterocycles. The van der Waals surface area contributed by atoms with Crippen molar-refractivity contribution in [1.82, 2.24) is 0 Å². The Kier molecular flexibility index (Phi) is 5.83. The second kappa shape index (κ2) is 8.48. The minimum Gasteiger partial charge on any atom is -0.378 e. The maximum atomic E-state index is 12.6. The lowest BCUT2D eigenvalue weighted by Crippen LogP contribution is -2.38. The third-order valence-corrected chi connectivity index (χ3v) is 5.98. The van der Waals surface area contributed by atoms with E-state index < -0.39 is 0 Å². The number of thiophene rings is 1. The number of benzene rings is 1. The fraction of sp³-hybridized carbons (Fsp3) is 0.421. The van der Waals surface area contributed by atoms with Crippen molar-refractivity contribution in [3.63, 3.8) is 0 Å². The normalized spacial score (nSPS) is 17.8. The molecular weight excluding hydrogens is 386 g/mol. The zero-order chi connectivity index (χ0) is 18.6. The third-order valence-electron chi connectivity index (χ3n) is 4.75. The lowest BCUT2D eigenvalue weighted by Gasteiger charge is -2.33. The molecule has 8 heteroatoms. The summed E-state index contributed by atoms with van der Waals surface area (Å²) in [7, 11) is 0. The van der Waals surface area contributed by atoms with Crippen molar-refractivity contribution in [2.24, 2.45) is 0 Å². The van der Waals surface area contributed by atoms with E-state index >= 15 is 0 Å². The van der Waals surface area contributed by atoms with Gasteiger partial charge in [-0.25, -0.2) is 0 Å². The first-order chi connectivity index (χ1) is 13.2. The van der Waals surface area contributed by atoms with E-state index in [-0.39, 0.29) is 5.91 Å². The average Bonchev–Trinajstić information content (AvgIpc) is 3.16. The smallest absolute Gasteiger partial charge is 0.265 e. The molecule has 6 nitrogen and oxygen atoms in total. The molecule has 0 unspecified atom stereocenters. The third kappa shape index (κ3) is 4.38. The van der Waals surface area contributed by atoms with Gasteiger partial charge in [0.25, 0.3) is 5.91 Å². The van der Waals surface area contributed by atoms with Crippen LogP contribution in [0.15, 0.2) is 30.3 Å². The van der Waals surface area contributed by atoms with Crippen molar-refractivity contribution in [3.05, 3.63) is 39.5 Å². The molecule has 0 atom stereocenters. The van der Waals surface area contributed by atoms with E-state index in [9.17, 15) is 4.79 Å². The minimum atomic E-state index is -0.138. The van der Waals surface area contributed by atoms with Gasteiger partial charge in [-0.15, -0.1) is 11.3 Å². The number of hydrogen-bond acceptors (Lipinski definition) is 6. The quantitative estimate of drug-likeness (QED) is 0.842. The number of carbonyl (C=O) groups is 1. The average molecular weight is 408 g/mol. The van der Waals surface area contributed by atoms with Crippen LogP contribution in [0.4, 0.5) is 17.1 Å². The summed E-state index contributed by atoms with van der Waals surface area (Å²) in [4.78, 5) is 17.8. The first-order valence-electron chi connectivity index (χ1n) is 9.07. The largest absolute Gasteiger partial charge is 0.378 e. The highest BCUT2D eigenvalue weighted by Gasteiger charge is 2.20. The van der Waals surface area contributed by atoms with Crippen LogP contribution in [-0.2, 0) is 9.47 Å². The standard InChI is InChI=1S/C19H22ClN3O3S/c20-18-4-3-17(27-18)19(24)21-15-2-1-14(22-5-9-25-10-6-22)13-16(15)23-7-11-26-12-8-23/h1-4,13H,5-12H2,(H,21,24). The number of halogens is 1. The topological polar surface area (TPSA) is 54.0 Å². The Balaban J connectivity index is 1.61. The molecule has 144 valence electrons. The SMILES string of the molecule is O=C(Nc1ccc(N2CCOCC2)cc1N1CCOCC1)c1ccc(Cl)s1. The fourth-order valence-corrected chi connectivity index (χ4v) is 4.27. The lowest BCUT2D eigenvalue weighted by molar-refractivity contribution is 0.103. The number of morpholine rings is 2. The number of carbonyl (C=O) groups excluding carboxylic acids is 1. The van der Waals surface area contributed by atoms with Crippen molar-refractivity contribution in [2.45, 2.75) is 0 Å². The van der Waals surface area contributed by atoms with Gasteiger partial charge in [0.05, 0.1) is 47.0 Å². The highest BCUT2D eigenvalue weighted by atomic mass is 35.5. The van der Waals surface area contributed by atoms with Gasteiger partial charge in [0, 0.05) is 31.9 Å². The van der Waals surface area contributed by atoms with E-state index in [0.29, 0.717) is 22.4 Å². The maximum absolute atomic E-state index is 12.6. The van der Waals surface area contributed by atoms with Crippen LogP contribution in [0.3, 0.4) is 0 Å². The molecular formula is C19H22ClN3O3S. The van der Waals surface area contributed by atoms with Crippen molar-refractivity contribution in [3.8, 4) is 0 Å². The second-order valence-electron chi connectivity index (χ2n) is 6.46. The Bertz CT molecular complexity index is 801. The Hall–Kier alpha value is -1.80. The van der Waals surface area contributed by atoms with E-state index in [4.69, 9.17) is 21.1 Å². The summed E-state index contributed by atoms with van der Waals surface area (Å²) in [6.07, 6.45) is 0. The zero-order valence-electron chi connectivity index (χ0n) is 14.9. The molecule has 27 heavy (non-hydrogen) atoms. The molecule has 2 saturated heterocycles. The predicted molar refractivity (Wildman–Crippen MR) is 110 cm³/mol. The number of nitrogens with zero attached hydrogens (tertiary/aromatic N) is 2. The van der Waals surface area contributed by atoms with Crippen LogP contribution in [0, 0.1) is 0 Å². The molecule has 2 fully saturated rings. The highest BCUT2D eigenvalue weighted by Crippen LogP contribution is 2.33. The van der Waals surface area contributed by atoms with Gasteiger partial charge in [-0.1, -0.05) is 11.6 Å².